The van der Waals surface area contributed by atoms with E-state index in [9.17, 15) is 13.2 Å². The molecule has 8 heteroatoms. The minimum absolute atomic E-state index is 0.0352. The van der Waals surface area contributed by atoms with Crippen molar-refractivity contribution in [3.05, 3.63) is 65.2 Å². The number of ether oxygens (including phenoxy) is 2. The van der Waals surface area contributed by atoms with E-state index in [0.29, 0.717) is 30.3 Å². The Morgan fingerprint density at radius 3 is 2.53 bits per heavy atom. The molecule has 1 fully saturated rings. The number of hydrogen-bond acceptors (Lipinski definition) is 6. The van der Waals surface area contributed by atoms with Crippen LogP contribution in [-0.4, -0.2) is 64.9 Å². The zero-order valence-corrected chi connectivity index (χ0v) is 19.6. The van der Waals surface area contributed by atoms with E-state index in [2.05, 4.69) is 17.3 Å². The predicted octanol–water partition coefficient (Wildman–Crippen LogP) is 2.65. The fraction of sp³-hybridized carbons (Fsp3) is 0.458. The summed E-state index contributed by atoms with van der Waals surface area (Å²) < 4.78 is 34.1. The van der Waals surface area contributed by atoms with Crippen LogP contribution in [0.4, 0.5) is 0 Å². The van der Waals surface area contributed by atoms with Crippen molar-refractivity contribution < 1.29 is 22.7 Å². The van der Waals surface area contributed by atoms with Crippen molar-refractivity contribution in [3.8, 4) is 5.75 Å². The second-order valence-corrected chi connectivity index (χ2v) is 10.4. The molecule has 3 rings (SSSR count). The Kier molecular flexibility index (Phi) is 8.67. The first-order valence-corrected chi connectivity index (χ1v) is 12.9. The topological polar surface area (TPSA) is 84.9 Å². The van der Waals surface area contributed by atoms with Crippen molar-refractivity contribution in [1.82, 2.24) is 10.2 Å². The molecule has 1 aliphatic heterocycles. The summed E-state index contributed by atoms with van der Waals surface area (Å²) >= 11 is 0. The van der Waals surface area contributed by atoms with Gasteiger partial charge in [0.1, 0.15) is 12.4 Å². The molecule has 1 N–H and O–H groups in total. The van der Waals surface area contributed by atoms with Crippen LogP contribution < -0.4 is 10.1 Å². The van der Waals surface area contributed by atoms with E-state index >= 15 is 0 Å². The number of hydrogen-bond donors (Lipinski definition) is 1. The fourth-order valence-corrected chi connectivity index (χ4v) is 4.50. The first kappa shape index (κ1) is 24.2. The van der Waals surface area contributed by atoms with Gasteiger partial charge in [0.25, 0.3) is 5.91 Å². The largest absolute Gasteiger partial charge is 0.492 e. The summed E-state index contributed by atoms with van der Waals surface area (Å²) in [7, 11) is -0.974. The van der Waals surface area contributed by atoms with Gasteiger partial charge in [-0.25, -0.2) is 8.42 Å². The SMILES string of the molecule is CN(CCOc1cccc(CNC(=O)c2ccc(CS(C)(=O)=O)cc2)c1)C1CCOCC1. The average molecular weight is 461 g/mol. The number of carbonyl (C=O) groups is 1. The van der Waals surface area contributed by atoms with E-state index in [0.717, 1.165) is 43.9 Å². The molecule has 0 spiro atoms. The Hall–Kier alpha value is -2.42. The van der Waals surface area contributed by atoms with Gasteiger partial charge in [0, 0.05) is 44.2 Å². The molecule has 0 atom stereocenters. The summed E-state index contributed by atoms with van der Waals surface area (Å²) in [4.78, 5) is 14.7. The normalized spacial score (nSPS) is 15.0. The highest BCUT2D eigenvalue weighted by Crippen LogP contribution is 2.15. The summed E-state index contributed by atoms with van der Waals surface area (Å²) in [5.74, 6) is 0.537. The lowest BCUT2D eigenvalue weighted by Gasteiger charge is -2.31. The van der Waals surface area contributed by atoms with E-state index in [1.54, 1.807) is 24.3 Å². The van der Waals surface area contributed by atoms with Gasteiger partial charge in [0.2, 0.25) is 0 Å². The lowest BCUT2D eigenvalue weighted by molar-refractivity contribution is 0.0392. The minimum Gasteiger partial charge on any atom is -0.492 e. The third-order valence-corrected chi connectivity index (χ3v) is 6.38. The van der Waals surface area contributed by atoms with E-state index < -0.39 is 9.84 Å². The lowest BCUT2D eigenvalue weighted by Crippen LogP contribution is -2.38. The van der Waals surface area contributed by atoms with Gasteiger partial charge in [-0.15, -0.1) is 0 Å². The number of rotatable bonds is 10. The van der Waals surface area contributed by atoms with Gasteiger partial charge in [0.15, 0.2) is 9.84 Å². The minimum atomic E-state index is -3.10. The van der Waals surface area contributed by atoms with Gasteiger partial charge < -0.3 is 14.8 Å². The summed E-state index contributed by atoms with van der Waals surface area (Å²) in [6.45, 7) is 3.48. The molecule has 2 aromatic rings. The summed E-state index contributed by atoms with van der Waals surface area (Å²) in [6.07, 6.45) is 3.31. The number of nitrogens with one attached hydrogen (secondary N) is 1. The van der Waals surface area contributed by atoms with Crippen molar-refractivity contribution in [2.75, 3.05) is 39.7 Å². The third-order valence-electron chi connectivity index (χ3n) is 5.52. The molecule has 1 heterocycles. The summed E-state index contributed by atoms with van der Waals surface area (Å²) in [5, 5.41) is 2.89. The monoisotopic (exact) mass is 460 g/mol. The van der Waals surface area contributed by atoms with Gasteiger partial charge in [-0.05, 0) is 55.3 Å². The molecule has 0 unspecified atom stereocenters. The van der Waals surface area contributed by atoms with E-state index in [1.165, 1.54) is 6.26 Å². The number of amides is 1. The zero-order chi connectivity index (χ0) is 23.0. The van der Waals surface area contributed by atoms with Crippen LogP contribution >= 0.6 is 0 Å². The zero-order valence-electron chi connectivity index (χ0n) is 18.7. The van der Waals surface area contributed by atoms with Gasteiger partial charge >= 0.3 is 0 Å². The van der Waals surface area contributed by atoms with Gasteiger partial charge in [-0.1, -0.05) is 24.3 Å². The standard InChI is InChI=1S/C24H32N2O5S/c1-26(22-10-13-30-14-11-22)12-15-31-23-5-3-4-20(16-23)17-25-24(27)21-8-6-19(7-9-21)18-32(2,28)29/h3-9,16,22H,10-15,17-18H2,1-2H3,(H,25,27). The van der Waals surface area contributed by atoms with Crippen molar-refractivity contribution in [1.29, 1.82) is 0 Å². The highest BCUT2D eigenvalue weighted by molar-refractivity contribution is 7.89. The first-order chi connectivity index (χ1) is 15.3. The number of likely N-dealkylation sites (N-methyl/N-ethyl adjacent to an activating group) is 1. The number of nitrogens with zero attached hydrogens (tertiary/aromatic N) is 1. The maximum atomic E-state index is 12.4. The molecular formula is C24H32N2O5S. The molecule has 0 saturated carbocycles. The molecule has 7 nitrogen and oxygen atoms in total. The van der Waals surface area contributed by atoms with Crippen LogP contribution in [0.1, 0.15) is 34.3 Å². The third kappa shape index (κ3) is 7.93. The Morgan fingerprint density at radius 2 is 1.84 bits per heavy atom. The van der Waals surface area contributed by atoms with Gasteiger partial charge in [-0.2, -0.15) is 0 Å². The lowest BCUT2D eigenvalue weighted by atomic mass is 10.1. The molecule has 0 aliphatic carbocycles. The maximum absolute atomic E-state index is 12.4. The Balaban J connectivity index is 1.45. The second kappa shape index (κ2) is 11.4. The Morgan fingerprint density at radius 1 is 1.12 bits per heavy atom. The molecule has 0 radical (unpaired) electrons. The van der Waals surface area contributed by atoms with Crippen molar-refractivity contribution in [2.24, 2.45) is 0 Å². The maximum Gasteiger partial charge on any atom is 0.251 e. The van der Waals surface area contributed by atoms with Crippen LogP contribution in [0.15, 0.2) is 48.5 Å². The predicted molar refractivity (Wildman–Crippen MR) is 125 cm³/mol. The Labute approximate surface area is 190 Å². The van der Waals surface area contributed by atoms with Crippen LogP contribution in [0, 0.1) is 0 Å². The molecular weight excluding hydrogens is 428 g/mol. The summed E-state index contributed by atoms with van der Waals surface area (Å²) in [6, 6.07) is 14.9. The molecule has 1 aliphatic rings. The number of carbonyl (C=O) groups excluding carboxylic acids is 1. The highest BCUT2D eigenvalue weighted by atomic mass is 32.2. The fourth-order valence-electron chi connectivity index (χ4n) is 3.70. The van der Waals surface area contributed by atoms with Crippen LogP contribution in [0.5, 0.6) is 5.75 Å². The van der Waals surface area contributed by atoms with Crippen LogP contribution in [-0.2, 0) is 26.9 Å². The highest BCUT2D eigenvalue weighted by Gasteiger charge is 2.18. The molecule has 1 amide bonds. The van der Waals surface area contributed by atoms with E-state index in [1.807, 2.05) is 24.3 Å². The second-order valence-electron chi connectivity index (χ2n) is 8.27. The number of benzene rings is 2. The summed E-state index contributed by atoms with van der Waals surface area (Å²) in [5.41, 5.74) is 2.10. The van der Waals surface area contributed by atoms with Crippen LogP contribution in [0.25, 0.3) is 0 Å². The van der Waals surface area contributed by atoms with E-state index in [-0.39, 0.29) is 11.7 Å². The van der Waals surface area contributed by atoms with Gasteiger partial charge in [-0.3, -0.25) is 9.69 Å². The van der Waals surface area contributed by atoms with Crippen molar-refractivity contribution >= 4 is 15.7 Å². The molecule has 32 heavy (non-hydrogen) atoms. The smallest absolute Gasteiger partial charge is 0.251 e. The van der Waals surface area contributed by atoms with E-state index in [4.69, 9.17) is 9.47 Å². The molecule has 174 valence electrons. The van der Waals surface area contributed by atoms with Crippen molar-refractivity contribution in [3.63, 3.8) is 0 Å². The van der Waals surface area contributed by atoms with Crippen LogP contribution in [0.3, 0.4) is 0 Å². The van der Waals surface area contributed by atoms with Crippen molar-refractivity contribution in [2.45, 2.75) is 31.2 Å². The molecule has 0 aromatic heterocycles. The molecule has 2 aromatic carbocycles. The quantitative estimate of drug-likeness (QED) is 0.587. The Bertz CT molecular complexity index is 986. The van der Waals surface area contributed by atoms with Gasteiger partial charge in [0.05, 0.1) is 5.75 Å². The number of sulfone groups is 1. The van der Waals surface area contributed by atoms with Crippen LogP contribution in [0.2, 0.25) is 0 Å². The molecule has 1 saturated heterocycles. The first-order valence-electron chi connectivity index (χ1n) is 10.8. The molecule has 0 bridgehead atoms. The average Bonchev–Trinajstić information content (AvgIpc) is 2.78.